The predicted octanol–water partition coefficient (Wildman–Crippen LogP) is 3.27. The number of nitrogens with zero attached hydrogens (tertiary/aromatic N) is 1. The number of benzene rings is 1. The Morgan fingerprint density at radius 1 is 1.04 bits per heavy atom. The zero-order chi connectivity index (χ0) is 17.4. The number of sulfonamides is 1. The number of thiophene rings is 1. The Bertz CT molecular complexity index is 912. The summed E-state index contributed by atoms with van der Waals surface area (Å²) in [6.45, 7) is 1.06. The van der Waals surface area contributed by atoms with E-state index in [9.17, 15) is 13.2 Å². The molecule has 0 saturated carbocycles. The summed E-state index contributed by atoms with van der Waals surface area (Å²) in [6.07, 6.45) is 5.02. The fourth-order valence-corrected chi connectivity index (χ4v) is 6.38. The quantitative estimate of drug-likeness (QED) is 0.890. The minimum atomic E-state index is -3.59. The van der Waals surface area contributed by atoms with Gasteiger partial charge in [-0.15, -0.1) is 11.3 Å². The van der Waals surface area contributed by atoms with Gasteiger partial charge in [-0.3, -0.25) is 4.79 Å². The predicted molar refractivity (Wildman–Crippen MR) is 98.7 cm³/mol. The summed E-state index contributed by atoms with van der Waals surface area (Å²) in [7, 11) is -3.59. The molecule has 5 nitrogen and oxygen atoms in total. The number of hydrogen-bond donors (Lipinski definition) is 1. The topological polar surface area (TPSA) is 66.5 Å². The van der Waals surface area contributed by atoms with Gasteiger partial charge >= 0.3 is 0 Å². The molecule has 7 heteroatoms. The Labute approximate surface area is 151 Å². The third kappa shape index (κ3) is 3.12. The van der Waals surface area contributed by atoms with Gasteiger partial charge in [0, 0.05) is 18.8 Å². The van der Waals surface area contributed by atoms with Gasteiger partial charge in [0.15, 0.2) is 0 Å². The highest BCUT2D eigenvalue weighted by Gasteiger charge is 2.31. The fourth-order valence-electron chi connectivity index (χ4n) is 3.57. The Kier molecular flexibility index (Phi) is 4.39. The smallest absolute Gasteiger partial charge is 0.267 e. The summed E-state index contributed by atoms with van der Waals surface area (Å²) < 4.78 is 27.0. The molecule has 0 atom stereocenters. The van der Waals surface area contributed by atoms with Crippen LogP contribution in [0.3, 0.4) is 0 Å². The van der Waals surface area contributed by atoms with Crippen molar-refractivity contribution in [2.24, 2.45) is 0 Å². The first-order valence-electron chi connectivity index (χ1n) is 8.56. The lowest BCUT2D eigenvalue weighted by Gasteiger charge is -2.15. The van der Waals surface area contributed by atoms with Crippen LogP contribution in [-0.4, -0.2) is 31.7 Å². The van der Waals surface area contributed by atoms with Crippen molar-refractivity contribution in [1.82, 2.24) is 4.31 Å². The number of nitrogens with one attached hydrogen (secondary N) is 1. The van der Waals surface area contributed by atoms with Gasteiger partial charge in [0.25, 0.3) is 5.91 Å². The van der Waals surface area contributed by atoms with Gasteiger partial charge in [-0.1, -0.05) is 6.07 Å². The minimum absolute atomic E-state index is 0.123. The maximum Gasteiger partial charge on any atom is 0.267 e. The van der Waals surface area contributed by atoms with Gasteiger partial charge in [0.2, 0.25) is 10.0 Å². The first kappa shape index (κ1) is 16.8. The molecule has 132 valence electrons. The molecule has 4 rings (SSSR count). The van der Waals surface area contributed by atoms with Crippen molar-refractivity contribution in [3.63, 3.8) is 0 Å². The Morgan fingerprint density at radius 2 is 1.80 bits per heavy atom. The van der Waals surface area contributed by atoms with E-state index in [0.717, 1.165) is 37.8 Å². The van der Waals surface area contributed by atoms with Gasteiger partial charge in [-0.25, -0.2) is 8.42 Å². The lowest BCUT2D eigenvalue weighted by Crippen LogP contribution is -2.29. The molecule has 1 aliphatic carbocycles. The number of aryl methyl sites for hydroxylation is 2. The van der Waals surface area contributed by atoms with E-state index in [2.05, 4.69) is 5.32 Å². The summed E-state index contributed by atoms with van der Waals surface area (Å²) >= 11 is 1.17. The molecule has 2 heterocycles. The number of carbonyl (C=O) groups excluding carboxylic acids is 1. The highest BCUT2D eigenvalue weighted by molar-refractivity contribution is 7.89. The first-order chi connectivity index (χ1) is 12.1. The highest BCUT2D eigenvalue weighted by Crippen LogP contribution is 2.29. The summed E-state index contributed by atoms with van der Waals surface area (Å²) in [5, 5.41) is 4.53. The Hall–Kier alpha value is -1.70. The normalized spacial score (nSPS) is 17.6. The monoisotopic (exact) mass is 376 g/mol. The number of carbonyl (C=O) groups is 1. The van der Waals surface area contributed by atoms with Crippen molar-refractivity contribution in [2.45, 2.75) is 37.0 Å². The van der Waals surface area contributed by atoms with E-state index in [0.29, 0.717) is 13.1 Å². The molecule has 1 amide bonds. The van der Waals surface area contributed by atoms with Crippen LogP contribution in [0.25, 0.3) is 0 Å². The molecule has 25 heavy (non-hydrogen) atoms. The van der Waals surface area contributed by atoms with Crippen LogP contribution in [0.5, 0.6) is 0 Å². The van der Waals surface area contributed by atoms with E-state index in [-0.39, 0.29) is 15.7 Å². The molecule has 0 unspecified atom stereocenters. The van der Waals surface area contributed by atoms with Crippen molar-refractivity contribution in [2.75, 3.05) is 18.4 Å². The SMILES string of the molecule is O=C(Nc1ccc2c(c1)CCC2)c1sccc1S(=O)(=O)N1CCCC1. The number of amides is 1. The van der Waals surface area contributed by atoms with Crippen LogP contribution in [0.15, 0.2) is 34.5 Å². The van der Waals surface area contributed by atoms with Crippen LogP contribution in [-0.2, 0) is 22.9 Å². The average Bonchev–Trinajstić information content (AvgIpc) is 3.33. The van der Waals surface area contributed by atoms with Gasteiger partial charge in [-0.05, 0) is 66.8 Å². The van der Waals surface area contributed by atoms with Crippen molar-refractivity contribution in [1.29, 1.82) is 0 Å². The van der Waals surface area contributed by atoms with Crippen LogP contribution in [0.4, 0.5) is 5.69 Å². The second-order valence-corrected chi connectivity index (χ2v) is 9.34. The molecule has 2 aliphatic rings. The van der Waals surface area contributed by atoms with Crippen LogP contribution in [0, 0.1) is 0 Å². The second-order valence-electron chi connectivity index (χ2n) is 6.52. The van der Waals surface area contributed by atoms with Crippen molar-refractivity contribution >= 4 is 33.0 Å². The standard InChI is InChI=1S/C18H20N2O3S2/c21-18(19-15-7-6-13-4-3-5-14(13)12-15)17-16(8-11-24-17)25(22,23)20-9-1-2-10-20/h6-8,11-12H,1-5,9-10H2,(H,19,21). The minimum Gasteiger partial charge on any atom is -0.321 e. The van der Waals surface area contributed by atoms with Gasteiger partial charge in [0.05, 0.1) is 0 Å². The lowest BCUT2D eigenvalue weighted by molar-refractivity contribution is 0.102. The first-order valence-corrected chi connectivity index (χ1v) is 10.9. The summed E-state index contributed by atoms with van der Waals surface area (Å²) in [5.41, 5.74) is 3.34. The van der Waals surface area contributed by atoms with E-state index in [1.807, 2.05) is 18.2 Å². The average molecular weight is 377 g/mol. The molecule has 0 bridgehead atoms. The van der Waals surface area contributed by atoms with E-state index >= 15 is 0 Å². The molecule has 1 fully saturated rings. The molecule has 2 aromatic rings. The third-order valence-corrected chi connectivity index (χ3v) is 7.86. The Morgan fingerprint density at radius 3 is 2.60 bits per heavy atom. The maximum atomic E-state index is 12.8. The second kappa shape index (κ2) is 6.55. The largest absolute Gasteiger partial charge is 0.321 e. The van der Waals surface area contributed by atoms with Crippen LogP contribution >= 0.6 is 11.3 Å². The zero-order valence-corrected chi connectivity index (χ0v) is 15.5. The number of hydrogen-bond acceptors (Lipinski definition) is 4. The van der Waals surface area contributed by atoms with Gasteiger partial charge in [-0.2, -0.15) is 4.31 Å². The molecule has 1 N–H and O–H groups in total. The van der Waals surface area contributed by atoms with Crippen LogP contribution in [0.2, 0.25) is 0 Å². The molecule has 1 aromatic heterocycles. The van der Waals surface area contributed by atoms with Gasteiger partial charge in [0.1, 0.15) is 9.77 Å². The third-order valence-electron chi connectivity index (χ3n) is 4.87. The number of anilines is 1. The molecule has 0 spiro atoms. The molecule has 1 saturated heterocycles. The number of rotatable bonds is 4. The summed E-state index contributed by atoms with van der Waals surface area (Å²) in [4.78, 5) is 13.1. The zero-order valence-electron chi connectivity index (χ0n) is 13.8. The molecular formula is C18H20N2O3S2. The van der Waals surface area contributed by atoms with Crippen LogP contribution in [0.1, 0.15) is 40.1 Å². The summed E-state index contributed by atoms with van der Waals surface area (Å²) in [6, 6.07) is 7.48. The van der Waals surface area contributed by atoms with Gasteiger partial charge < -0.3 is 5.32 Å². The van der Waals surface area contributed by atoms with Crippen LogP contribution < -0.4 is 5.32 Å². The molecule has 1 aromatic carbocycles. The van der Waals surface area contributed by atoms with Crippen molar-refractivity contribution in [3.8, 4) is 0 Å². The van der Waals surface area contributed by atoms with E-state index in [4.69, 9.17) is 0 Å². The number of fused-ring (bicyclic) bond motifs is 1. The fraction of sp³-hybridized carbons (Fsp3) is 0.389. The molecule has 1 aliphatic heterocycles. The lowest BCUT2D eigenvalue weighted by atomic mass is 10.1. The Balaban J connectivity index is 1.58. The highest BCUT2D eigenvalue weighted by atomic mass is 32.2. The summed E-state index contributed by atoms with van der Waals surface area (Å²) in [5.74, 6) is -0.356. The van der Waals surface area contributed by atoms with E-state index in [1.165, 1.54) is 32.8 Å². The van der Waals surface area contributed by atoms with E-state index < -0.39 is 10.0 Å². The molecule has 0 radical (unpaired) electrons. The molecular weight excluding hydrogens is 356 g/mol. The maximum absolute atomic E-state index is 12.8. The van der Waals surface area contributed by atoms with Crippen molar-refractivity contribution in [3.05, 3.63) is 45.6 Å². The van der Waals surface area contributed by atoms with E-state index in [1.54, 1.807) is 5.38 Å². The van der Waals surface area contributed by atoms with Crippen molar-refractivity contribution < 1.29 is 13.2 Å².